The smallest absolute Gasteiger partial charge is 0.255 e. The van der Waals surface area contributed by atoms with Gasteiger partial charge in [-0.15, -0.1) is 0 Å². The number of ether oxygens (including phenoxy) is 1. The van der Waals surface area contributed by atoms with Gasteiger partial charge < -0.3 is 15.0 Å². The first kappa shape index (κ1) is 19.9. The van der Waals surface area contributed by atoms with E-state index in [1.165, 1.54) is 50.0 Å². The lowest BCUT2D eigenvalue weighted by atomic mass is 10.1. The van der Waals surface area contributed by atoms with Gasteiger partial charge in [-0.2, -0.15) is 0 Å². The van der Waals surface area contributed by atoms with E-state index in [-0.39, 0.29) is 5.91 Å². The highest BCUT2D eigenvalue weighted by Gasteiger charge is 2.13. The lowest BCUT2D eigenvalue weighted by molar-refractivity contribution is 0.102. The molecule has 0 radical (unpaired) electrons. The van der Waals surface area contributed by atoms with Crippen molar-refractivity contribution in [3.8, 4) is 0 Å². The first-order chi connectivity index (χ1) is 14.3. The quantitative estimate of drug-likeness (QED) is 0.829. The normalized spacial score (nSPS) is 18.3. The SMILES string of the molecule is O=C(Nc1ccc(N2CCOCC2)cc1)c1ccc(CN2CCCCCC2)cc1. The molecule has 2 aliphatic rings. The highest BCUT2D eigenvalue weighted by molar-refractivity contribution is 6.04. The van der Waals surface area contributed by atoms with Crippen LogP contribution in [0.3, 0.4) is 0 Å². The minimum atomic E-state index is -0.0644. The summed E-state index contributed by atoms with van der Waals surface area (Å²) in [6, 6.07) is 16.1. The van der Waals surface area contributed by atoms with Crippen LogP contribution in [0.5, 0.6) is 0 Å². The third-order valence-electron chi connectivity index (χ3n) is 5.82. The van der Waals surface area contributed by atoms with Gasteiger partial charge in [-0.1, -0.05) is 25.0 Å². The molecule has 0 unspecified atom stereocenters. The van der Waals surface area contributed by atoms with Crippen LogP contribution in [-0.4, -0.2) is 50.2 Å². The van der Waals surface area contributed by atoms with Gasteiger partial charge in [0.2, 0.25) is 0 Å². The van der Waals surface area contributed by atoms with Gasteiger partial charge in [0.05, 0.1) is 13.2 Å². The van der Waals surface area contributed by atoms with Crippen LogP contribution in [0.25, 0.3) is 0 Å². The summed E-state index contributed by atoms with van der Waals surface area (Å²) in [4.78, 5) is 17.4. The molecule has 2 aliphatic heterocycles. The maximum atomic E-state index is 12.6. The molecule has 2 aromatic rings. The Morgan fingerprint density at radius 2 is 1.48 bits per heavy atom. The topological polar surface area (TPSA) is 44.8 Å². The number of carbonyl (C=O) groups is 1. The van der Waals surface area contributed by atoms with Crippen molar-refractivity contribution in [3.05, 3.63) is 59.7 Å². The number of anilines is 2. The predicted molar refractivity (Wildman–Crippen MR) is 118 cm³/mol. The second-order valence-electron chi connectivity index (χ2n) is 7.99. The Labute approximate surface area is 173 Å². The molecule has 2 fully saturated rings. The minimum absolute atomic E-state index is 0.0644. The molecule has 0 spiro atoms. The molecule has 2 aromatic carbocycles. The summed E-state index contributed by atoms with van der Waals surface area (Å²) in [7, 11) is 0. The first-order valence-electron chi connectivity index (χ1n) is 10.8. The zero-order valence-corrected chi connectivity index (χ0v) is 17.1. The Bertz CT molecular complexity index is 775. The molecule has 2 saturated heterocycles. The summed E-state index contributed by atoms with van der Waals surface area (Å²) in [5.41, 5.74) is 3.96. The van der Waals surface area contributed by atoms with Crippen molar-refractivity contribution >= 4 is 17.3 Å². The summed E-state index contributed by atoms with van der Waals surface area (Å²) in [6.45, 7) is 6.71. The number of carbonyl (C=O) groups excluding carboxylic acids is 1. The zero-order chi connectivity index (χ0) is 19.9. The number of amides is 1. The van der Waals surface area contributed by atoms with Crippen LogP contribution in [-0.2, 0) is 11.3 Å². The third kappa shape index (κ3) is 5.58. The maximum absolute atomic E-state index is 12.6. The van der Waals surface area contributed by atoms with E-state index in [0.29, 0.717) is 5.56 Å². The fourth-order valence-electron chi connectivity index (χ4n) is 4.09. The summed E-state index contributed by atoms with van der Waals surface area (Å²) in [5, 5.41) is 3.00. The Hall–Kier alpha value is -2.37. The molecule has 0 aliphatic carbocycles. The van der Waals surface area contributed by atoms with Crippen LogP contribution < -0.4 is 10.2 Å². The standard InChI is InChI=1S/C24H31N3O2/c28-24(25-22-9-11-23(12-10-22)27-15-17-29-18-16-27)21-7-5-20(6-8-21)19-26-13-3-1-2-4-14-26/h5-12H,1-4,13-19H2,(H,25,28). The Kier molecular flexibility index (Phi) is 6.80. The summed E-state index contributed by atoms with van der Waals surface area (Å²) < 4.78 is 5.40. The Morgan fingerprint density at radius 1 is 0.828 bits per heavy atom. The number of nitrogens with zero attached hydrogens (tertiary/aromatic N) is 2. The molecule has 1 amide bonds. The third-order valence-corrected chi connectivity index (χ3v) is 5.82. The molecule has 1 N–H and O–H groups in total. The molecule has 0 saturated carbocycles. The Balaban J connectivity index is 1.32. The van der Waals surface area contributed by atoms with Crippen molar-refractivity contribution in [1.29, 1.82) is 0 Å². The predicted octanol–water partition coefficient (Wildman–Crippen LogP) is 4.15. The van der Waals surface area contributed by atoms with E-state index in [2.05, 4.69) is 39.4 Å². The highest BCUT2D eigenvalue weighted by Crippen LogP contribution is 2.20. The van der Waals surface area contributed by atoms with Crippen LogP contribution in [0.4, 0.5) is 11.4 Å². The van der Waals surface area contributed by atoms with Crippen molar-refractivity contribution in [3.63, 3.8) is 0 Å². The van der Waals surface area contributed by atoms with Crippen molar-refractivity contribution in [2.75, 3.05) is 49.6 Å². The lowest BCUT2D eigenvalue weighted by Gasteiger charge is -2.28. The molecule has 4 rings (SSSR count). The van der Waals surface area contributed by atoms with Crippen LogP contribution in [0.1, 0.15) is 41.6 Å². The first-order valence-corrected chi connectivity index (χ1v) is 10.8. The fourth-order valence-corrected chi connectivity index (χ4v) is 4.09. The maximum Gasteiger partial charge on any atom is 0.255 e. The zero-order valence-electron chi connectivity index (χ0n) is 17.1. The lowest BCUT2D eigenvalue weighted by Crippen LogP contribution is -2.36. The van der Waals surface area contributed by atoms with Crippen molar-refractivity contribution < 1.29 is 9.53 Å². The second kappa shape index (κ2) is 9.90. The van der Waals surface area contributed by atoms with Gasteiger partial charge in [-0.3, -0.25) is 9.69 Å². The van der Waals surface area contributed by atoms with E-state index in [1.807, 2.05) is 24.3 Å². The van der Waals surface area contributed by atoms with Crippen molar-refractivity contribution in [2.45, 2.75) is 32.2 Å². The van der Waals surface area contributed by atoms with E-state index in [4.69, 9.17) is 4.74 Å². The van der Waals surface area contributed by atoms with E-state index < -0.39 is 0 Å². The van der Waals surface area contributed by atoms with Crippen LogP contribution in [0.2, 0.25) is 0 Å². The van der Waals surface area contributed by atoms with Gasteiger partial charge in [0.15, 0.2) is 0 Å². The number of morpholine rings is 1. The van der Waals surface area contributed by atoms with Crippen molar-refractivity contribution in [1.82, 2.24) is 4.90 Å². The van der Waals surface area contributed by atoms with Gasteiger partial charge in [0, 0.05) is 36.6 Å². The number of benzene rings is 2. The van der Waals surface area contributed by atoms with E-state index >= 15 is 0 Å². The number of hydrogen-bond donors (Lipinski definition) is 1. The monoisotopic (exact) mass is 393 g/mol. The average molecular weight is 394 g/mol. The molecule has 154 valence electrons. The molecule has 29 heavy (non-hydrogen) atoms. The molecule has 0 atom stereocenters. The Morgan fingerprint density at radius 3 is 2.14 bits per heavy atom. The number of rotatable bonds is 5. The molecule has 5 nitrogen and oxygen atoms in total. The highest BCUT2D eigenvalue weighted by atomic mass is 16.5. The van der Waals surface area contributed by atoms with E-state index in [9.17, 15) is 4.79 Å². The summed E-state index contributed by atoms with van der Waals surface area (Å²) in [6.07, 6.45) is 5.29. The average Bonchev–Trinajstić information content (AvgIpc) is 3.04. The van der Waals surface area contributed by atoms with Gasteiger partial charge in [0.1, 0.15) is 0 Å². The minimum Gasteiger partial charge on any atom is -0.378 e. The summed E-state index contributed by atoms with van der Waals surface area (Å²) >= 11 is 0. The van der Waals surface area contributed by atoms with Gasteiger partial charge in [0.25, 0.3) is 5.91 Å². The second-order valence-corrected chi connectivity index (χ2v) is 7.99. The summed E-state index contributed by atoms with van der Waals surface area (Å²) in [5.74, 6) is -0.0644. The van der Waals surface area contributed by atoms with Gasteiger partial charge in [-0.05, 0) is 67.9 Å². The van der Waals surface area contributed by atoms with Crippen LogP contribution in [0.15, 0.2) is 48.5 Å². The van der Waals surface area contributed by atoms with Crippen molar-refractivity contribution in [2.24, 2.45) is 0 Å². The number of likely N-dealkylation sites (tertiary alicyclic amines) is 1. The molecule has 0 aromatic heterocycles. The van der Waals surface area contributed by atoms with Crippen LogP contribution in [0, 0.1) is 0 Å². The molecule has 5 heteroatoms. The van der Waals surface area contributed by atoms with Gasteiger partial charge in [-0.25, -0.2) is 0 Å². The molecular formula is C24H31N3O2. The fraction of sp³-hybridized carbons (Fsp3) is 0.458. The number of nitrogens with one attached hydrogen (secondary N) is 1. The van der Waals surface area contributed by atoms with E-state index in [1.54, 1.807) is 0 Å². The van der Waals surface area contributed by atoms with E-state index in [0.717, 1.165) is 38.5 Å². The van der Waals surface area contributed by atoms with Gasteiger partial charge >= 0.3 is 0 Å². The number of hydrogen-bond acceptors (Lipinski definition) is 4. The molecular weight excluding hydrogens is 362 g/mol. The van der Waals surface area contributed by atoms with Crippen LogP contribution >= 0.6 is 0 Å². The molecule has 0 bridgehead atoms. The molecule has 2 heterocycles. The largest absolute Gasteiger partial charge is 0.378 e.